The van der Waals surface area contributed by atoms with E-state index in [1.165, 1.54) is 0 Å². The number of rotatable bonds is 3. The third-order valence-corrected chi connectivity index (χ3v) is 3.46. The summed E-state index contributed by atoms with van der Waals surface area (Å²) in [6.07, 6.45) is 1.84. The highest BCUT2D eigenvalue weighted by Crippen LogP contribution is 2.15. The van der Waals surface area contributed by atoms with Crippen LogP contribution in [0.2, 0.25) is 0 Å². The van der Waals surface area contributed by atoms with Crippen LogP contribution in [0.15, 0.2) is 54.9 Å². The number of hydrogen-bond acceptors (Lipinski definition) is 2. The minimum atomic E-state index is 0.0207. The van der Waals surface area contributed by atoms with Crippen molar-refractivity contribution < 1.29 is 4.79 Å². The summed E-state index contributed by atoms with van der Waals surface area (Å²) < 4.78 is 2.09. The lowest BCUT2D eigenvalue weighted by Gasteiger charge is -2.11. The normalized spacial score (nSPS) is 10.8. The first-order valence-corrected chi connectivity index (χ1v) is 6.85. The molecule has 4 nitrogen and oxygen atoms in total. The van der Waals surface area contributed by atoms with Gasteiger partial charge in [-0.3, -0.25) is 4.79 Å². The van der Waals surface area contributed by atoms with Gasteiger partial charge in [0.05, 0.1) is 17.4 Å². The van der Waals surface area contributed by atoms with E-state index in [4.69, 9.17) is 0 Å². The average Bonchev–Trinajstić information content (AvgIpc) is 2.90. The van der Waals surface area contributed by atoms with Gasteiger partial charge in [0.1, 0.15) is 0 Å². The first-order valence-electron chi connectivity index (χ1n) is 6.85. The molecule has 0 aliphatic rings. The van der Waals surface area contributed by atoms with Gasteiger partial charge < -0.3 is 9.47 Å². The topological polar surface area (TPSA) is 38.1 Å². The molecular weight excluding hydrogens is 262 g/mol. The highest BCUT2D eigenvalue weighted by Gasteiger charge is 2.09. The predicted molar refractivity (Wildman–Crippen MR) is 83.3 cm³/mol. The van der Waals surface area contributed by atoms with Crippen LogP contribution < -0.4 is 0 Å². The van der Waals surface area contributed by atoms with E-state index in [1.807, 2.05) is 48.8 Å². The Morgan fingerprint density at radius 2 is 1.95 bits per heavy atom. The van der Waals surface area contributed by atoms with Gasteiger partial charge in [-0.15, -0.1) is 0 Å². The van der Waals surface area contributed by atoms with Crippen LogP contribution in [0.3, 0.4) is 0 Å². The van der Waals surface area contributed by atoms with Crippen LogP contribution in [0, 0.1) is 0 Å². The van der Waals surface area contributed by atoms with Crippen LogP contribution in [-0.2, 0) is 6.54 Å². The summed E-state index contributed by atoms with van der Waals surface area (Å²) in [4.78, 5) is 18.0. The molecule has 1 aromatic heterocycles. The van der Waals surface area contributed by atoms with Crippen molar-refractivity contribution in [3.8, 4) is 0 Å². The van der Waals surface area contributed by atoms with Crippen molar-refractivity contribution in [2.24, 2.45) is 0 Å². The summed E-state index contributed by atoms with van der Waals surface area (Å²) in [5.41, 5.74) is 3.88. The summed E-state index contributed by atoms with van der Waals surface area (Å²) in [6, 6.07) is 15.8. The Morgan fingerprint density at radius 3 is 2.76 bits per heavy atom. The maximum atomic E-state index is 12.0. The first-order chi connectivity index (χ1) is 10.1. The molecule has 0 aliphatic carbocycles. The molecule has 0 atom stereocenters. The monoisotopic (exact) mass is 279 g/mol. The van der Waals surface area contributed by atoms with E-state index in [1.54, 1.807) is 19.0 Å². The zero-order valence-electron chi connectivity index (χ0n) is 12.2. The van der Waals surface area contributed by atoms with Gasteiger partial charge in [0.2, 0.25) is 0 Å². The van der Waals surface area contributed by atoms with E-state index >= 15 is 0 Å². The SMILES string of the molecule is CN(C)C(=O)c1cccc(Cn2cnc3ccccc32)c1. The second kappa shape index (κ2) is 5.40. The van der Waals surface area contributed by atoms with E-state index in [9.17, 15) is 4.79 Å². The highest BCUT2D eigenvalue weighted by atomic mass is 16.2. The minimum Gasteiger partial charge on any atom is -0.345 e. The second-order valence-corrected chi connectivity index (χ2v) is 5.26. The highest BCUT2D eigenvalue weighted by molar-refractivity contribution is 5.94. The van der Waals surface area contributed by atoms with Crippen molar-refractivity contribution >= 4 is 16.9 Å². The molecule has 0 spiro atoms. The number of hydrogen-bond donors (Lipinski definition) is 0. The van der Waals surface area contributed by atoms with Gasteiger partial charge >= 0.3 is 0 Å². The molecule has 0 saturated heterocycles. The molecule has 0 bridgehead atoms. The Bertz CT molecular complexity index is 789. The largest absolute Gasteiger partial charge is 0.345 e. The number of fused-ring (bicyclic) bond motifs is 1. The van der Waals surface area contributed by atoms with Crippen LogP contribution in [0.5, 0.6) is 0 Å². The lowest BCUT2D eigenvalue weighted by Crippen LogP contribution is -2.21. The number of benzene rings is 2. The second-order valence-electron chi connectivity index (χ2n) is 5.26. The van der Waals surface area contributed by atoms with Gasteiger partial charge in [-0.25, -0.2) is 4.98 Å². The summed E-state index contributed by atoms with van der Waals surface area (Å²) in [7, 11) is 3.52. The smallest absolute Gasteiger partial charge is 0.253 e. The molecule has 0 unspecified atom stereocenters. The molecule has 0 saturated carbocycles. The zero-order chi connectivity index (χ0) is 14.8. The number of nitrogens with zero attached hydrogens (tertiary/aromatic N) is 3. The Balaban J connectivity index is 1.91. The minimum absolute atomic E-state index is 0.0207. The third kappa shape index (κ3) is 2.65. The Kier molecular flexibility index (Phi) is 3.44. The molecule has 106 valence electrons. The third-order valence-electron chi connectivity index (χ3n) is 3.46. The van der Waals surface area contributed by atoms with Gasteiger partial charge in [0.25, 0.3) is 5.91 Å². The van der Waals surface area contributed by atoms with Crippen LogP contribution in [-0.4, -0.2) is 34.5 Å². The molecule has 21 heavy (non-hydrogen) atoms. The van der Waals surface area contributed by atoms with Crippen LogP contribution in [0.1, 0.15) is 15.9 Å². The molecule has 0 fully saturated rings. The Labute approximate surface area is 123 Å². The number of carbonyl (C=O) groups is 1. The first kappa shape index (κ1) is 13.4. The van der Waals surface area contributed by atoms with Crippen LogP contribution >= 0.6 is 0 Å². The molecule has 4 heteroatoms. The quantitative estimate of drug-likeness (QED) is 0.739. The molecular formula is C17H17N3O. The van der Waals surface area contributed by atoms with Gasteiger partial charge in [-0.05, 0) is 29.8 Å². The zero-order valence-corrected chi connectivity index (χ0v) is 12.2. The summed E-state index contributed by atoms with van der Waals surface area (Å²) >= 11 is 0. The van der Waals surface area contributed by atoms with E-state index in [-0.39, 0.29) is 5.91 Å². The maximum Gasteiger partial charge on any atom is 0.253 e. The number of aromatic nitrogens is 2. The van der Waals surface area contributed by atoms with Crippen molar-refractivity contribution in [3.05, 3.63) is 66.0 Å². The molecule has 3 aromatic rings. The standard InChI is InChI=1S/C17H17N3O/c1-19(2)17(21)14-7-5-6-13(10-14)11-20-12-18-15-8-3-4-9-16(15)20/h3-10,12H,11H2,1-2H3. The molecule has 1 amide bonds. The molecule has 2 aromatic carbocycles. The maximum absolute atomic E-state index is 12.0. The van der Waals surface area contributed by atoms with Gasteiger partial charge in [-0.1, -0.05) is 24.3 Å². The van der Waals surface area contributed by atoms with E-state index < -0.39 is 0 Å². The van der Waals surface area contributed by atoms with Gasteiger partial charge in [0.15, 0.2) is 0 Å². The van der Waals surface area contributed by atoms with E-state index in [2.05, 4.69) is 15.6 Å². The van der Waals surface area contributed by atoms with Crippen molar-refractivity contribution in [2.75, 3.05) is 14.1 Å². The van der Waals surface area contributed by atoms with Crippen LogP contribution in [0.4, 0.5) is 0 Å². The average molecular weight is 279 g/mol. The summed E-state index contributed by atoms with van der Waals surface area (Å²) in [5.74, 6) is 0.0207. The number of imidazole rings is 1. The van der Waals surface area contributed by atoms with Crippen molar-refractivity contribution in [1.82, 2.24) is 14.5 Å². The number of para-hydroxylation sites is 2. The predicted octanol–water partition coefficient (Wildman–Crippen LogP) is 2.79. The van der Waals surface area contributed by atoms with Crippen molar-refractivity contribution in [1.29, 1.82) is 0 Å². The Morgan fingerprint density at radius 1 is 1.14 bits per heavy atom. The summed E-state index contributed by atoms with van der Waals surface area (Å²) in [6.45, 7) is 0.703. The number of carbonyl (C=O) groups excluding carboxylic acids is 1. The molecule has 0 radical (unpaired) electrons. The Hall–Kier alpha value is -2.62. The molecule has 0 N–H and O–H groups in total. The molecule has 0 aliphatic heterocycles. The molecule has 1 heterocycles. The fraction of sp³-hybridized carbons (Fsp3) is 0.176. The van der Waals surface area contributed by atoms with Gasteiger partial charge in [-0.2, -0.15) is 0 Å². The number of amides is 1. The lowest BCUT2D eigenvalue weighted by atomic mass is 10.1. The van der Waals surface area contributed by atoms with E-state index in [0.29, 0.717) is 12.1 Å². The van der Waals surface area contributed by atoms with Crippen LogP contribution in [0.25, 0.3) is 11.0 Å². The summed E-state index contributed by atoms with van der Waals surface area (Å²) in [5, 5.41) is 0. The van der Waals surface area contributed by atoms with Crippen molar-refractivity contribution in [3.63, 3.8) is 0 Å². The fourth-order valence-corrected chi connectivity index (χ4v) is 2.39. The van der Waals surface area contributed by atoms with Gasteiger partial charge in [0, 0.05) is 26.2 Å². The fourth-order valence-electron chi connectivity index (χ4n) is 2.39. The molecule has 3 rings (SSSR count). The van der Waals surface area contributed by atoms with Crippen molar-refractivity contribution in [2.45, 2.75) is 6.54 Å². The van der Waals surface area contributed by atoms with E-state index in [0.717, 1.165) is 16.6 Å². The lowest BCUT2D eigenvalue weighted by molar-refractivity contribution is 0.0827.